The van der Waals surface area contributed by atoms with Crippen LogP contribution in [0, 0.1) is 0 Å². The number of nitrogens with zero attached hydrogens (tertiary/aromatic N) is 1. The Labute approximate surface area is 105 Å². The average molecular weight is 245 g/mol. The zero-order valence-corrected chi connectivity index (χ0v) is 13.8. The van der Waals surface area contributed by atoms with Crippen molar-refractivity contribution in [2.24, 2.45) is 0 Å². The summed E-state index contributed by atoms with van der Waals surface area (Å²) in [7, 11) is 3.87. The van der Waals surface area contributed by atoms with E-state index in [9.17, 15) is 0 Å². The van der Waals surface area contributed by atoms with E-state index < -0.39 is 8.07 Å². The molecule has 0 rings (SSSR count). The van der Waals surface area contributed by atoms with Gasteiger partial charge < -0.3 is 4.48 Å². The van der Waals surface area contributed by atoms with Crippen molar-refractivity contribution < 1.29 is 4.48 Å². The van der Waals surface area contributed by atoms with E-state index in [1.165, 1.54) is 43.1 Å². The predicted molar refractivity (Wildman–Crippen MR) is 78.5 cm³/mol. The largest absolute Gasteiger partial charge is 0.330 e. The molecule has 1 atom stereocenters. The summed E-state index contributed by atoms with van der Waals surface area (Å²) in [6, 6.07) is 0. The molecule has 0 radical (unpaired) electrons. The lowest BCUT2D eigenvalue weighted by molar-refractivity contribution is -0.904. The van der Waals surface area contributed by atoms with E-state index >= 15 is 0 Å². The van der Waals surface area contributed by atoms with Gasteiger partial charge >= 0.3 is 0 Å². The van der Waals surface area contributed by atoms with Gasteiger partial charge in [0.2, 0.25) is 0 Å². The summed E-state index contributed by atoms with van der Waals surface area (Å²) >= 11 is 0. The second-order valence-corrected chi connectivity index (χ2v) is 12.3. The average Bonchev–Trinajstić information content (AvgIpc) is 2.10. The van der Waals surface area contributed by atoms with E-state index in [1.54, 1.807) is 0 Å². The predicted octanol–water partition coefficient (Wildman–Crippen LogP) is 4.30. The molecule has 0 amide bonds. The Balaban J connectivity index is 4.27. The second kappa shape index (κ2) is 6.80. The van der Waals surface area contributed by atoms with Gasteiger partial charge in [0.1, 0.15) is 8.07 Å². The second-order valence-electron chi connectivity index (χ2n) is 6.85. The number of hydrogen-bond acceptors (Lipinski definition) is 0. The topological polar surface area (TPSA) is 0 Å². The molecular weight excluding hydrogens is 210 g/mol. The van der Waals surface area contributed by atoms with Crippen LogP contribution in [0.1, 0.15) is 46.0 Å². The van der Waals surface area contributed by atoms with E-state index in [0.29, 0.717) is 0 Å². The molecule has 1 nitrogen and oxygen atoms in total. The highest BCUT2D eigenvalue weighted by Crippen LogP contribution is 2.23. The van der Waals surface area contributed by atoms with Crippen LogP contribution in [0.3, 0.4) is 0 Å². The fourth-order valence-electron chi connectivity index (χ4n) is 3.26. The Morgan fingerprint density at radius 2 is 1.50 bits per heavy atom. The van der Waals surface area contributed by atoms with Crippen molar-refractivity contribution in [1.29, 1.82) is 0 Å². The molecule has 0 aromatic rings. The Kier molecular flexibility index (Phi) is 6.88. The van der Waals surface area contributed by atoms with Gasteiger partial charge in [0.15, 0.2) is 0 Å². The summed E-state index contributed by atoms with van der Waals surface area (Å²) in [6.07, 6.45) is 6.92. The van der Waals surface area contributed by atoms with Crippen LogP contribution < -0.4 is 0 Å². The maximum atomic E-state index is 2.52. The van der Waals surface area contributed by atoms with Gasteiger partial charge in [0.05, 0.1) is 26.3 Å². The van der Waals surface area contributed by atoms with Crippen LogP contribution in [0.15, 0.2) is 0 Å². The highest BCUT2D eigenvalue weighted by Gasteiger charge is 2.37. The molecule has 0 aliphatic heterocycles. The number of rotatable bonds is 8. The van der Waals surface area contributed by atoms with Crippen molar-refractivity contribution in [1.82, 2.24) is 0 Å². The van der Waals surface area contributed by atoms with Gasteiger partial charge in [-0.3, -0.25) is 0 Å². The smallest absolute Gasteiger partial charge is 0.114 e. The Hall–Kier alpha value is 0.177. The Morgan fingerprint density at radius 1 is 0.938 bits per heavy atom. The summed E-state index contributed by atoms with van der Waals surface area (Å²) in [5.41, 5.74) is 0.911. The molecule has 16 heavy (non-hydrogen) atoms. The first-order valence-corrected chi connectivity index (χ1v) is 10.7. The molecule has 0 saturated carbocycles. The molecule has 0 N–H and O–H groups in total. The molecule has 1 unspecified atom stereocenters. The fraction of sp³-hybridized carbons (Fsp3) is 1.00. The van der Waals surface area contributed by atoms with Crippen molar-refractivity contribution in [2.45, 2.75) is 71.3 Å². The molecule has 0 fully saturated rings. The third kappa shape index (κ3) is 5.49. The van der Waals surface area contributed by atoms with Crippen LogP contribution in [0.4, 0.5) is 0 Å². The molecule has 0 heterocycles. The lowest BCUT2D eigenvalue weighted by atomic mass is 10.2. The maximum absolute atomic E-state index is 2.52. The lowest BCUT2D eigenvalue weighted by Gasteiger charge is -2.44. The van der Waals surface area contributed by atoms with Crippen LogP contribution in [0.2, 0.25) is 19.6 Å². The maximum Gasteiger partial charge on any atom is 0.114 e. The van der Waals surface area contributed by atoms with Gasteiger partial charge in [-0.05, 0) is 19.3 Å². The zero-order chi connectivity index (χ0) is 12.8. The minimum absolute atomic E-state index is 0.911. The Bertz CT molecular complexity index is 182. The zero-order valence-electron chi connectivity index (χ0n) is 12.8. The van der Waals surface area contributed by atoms with E-state index in [2.05, 4.69) is 47.6 Å². The first-order valence-electron chi connectivity index (χ1n) is 7.08. The van der Waals surface area contributed by atoms with Gasteiger partial charge in [-0.1, -0.05) is 46.3 Å². The molecule has 0 bridgehead atoms. The van der Waals surface area contributed by atoms with E-state index in [1.807, 2.05) is 0 Å². The van der Waals surface area contributed by atoms with Gasteiger partial charge in [0.25, 0.3) is 0 Å². The van der Waals surface area contributed by atoms with Crippen LogP contribution in [0.25, 0.3) is 0 Å². The summed E-state index contributed by atoms with van der Waals surface area (Å²) < 4.78 is 1.25. The Morgan fingerprint density at radius 3 is 1.88 bits per heavy atom. The summed E-state index contributed by atoms with van der Waals surface area (Å²) in [4.78, 5) is 0. The molecule has 0 aliphatic rings. The molecule has 0 aromatic carbocycles. The van der Waals surface area contributed by atoms with Gasteiger partial charge in [0, 0.05) is 0 Å². The van der Waals surface area contributed by atoms with E-state index in [0.717, 1.165) is 5.67 Å². The van der Waals surface area contributed by atoms with Crippen LogP contribution in [-0.2, 0) is 0 Å². The molecule has 98 valence electrons. The standard InChI is InChI=1S/C14H34NSi/c1-8-10-11-12-13-15(3,4)14(9-2)16(5,6)7/h14H,8-13H2,1-7H3/q+1. The van der Waals surface area contributed by atoms with Crippen molar-refractivity contribution in [3.8, 4) is 0 Å². The van der Waals surface area contributed by atoms with Crippen LogP contribution in [0.5, 0.6) is 0 Å². The third-order valence-electron chi connectivity index (χ3n) is 3.82. The van der Waals surface area contributed by atoms with Gasteiger partial charge in [-0.25, -0.2) is 0 Å². The monoisotopic (exact) mass is 244 g/mol. The van der Waals surface area contributed by atoms with Gasteiger partial charge in [-0.15, -0.1) is 0 Å². The molecule has 0 saturated heterocycles. The van der Waals surface area contributed by atoms with Crippen molar-refractivity contribution in [3.05, 3.63) is 0 Å². The molecular formula is C14H34NSi+. The van der Waals surface area contributed by atoms with Crippen LogP contribution >= 0.6 is 0 Å². The minimum atomic E-state index is -1.02. The van der Waals surface area contributed by atoms with Crippen molar-refractivity contribution in [2.75, 3.05) is 20.6 Å². The van der Waals surface area contributed by atoms with Gasteiger partial charge in [-0.2, -0.15) is 0 Å². The van der Waals surface area contributed by atoms with E-state index in [-0.39, 0.29) is 0 Å². The summed E-state index contributed by atoms with van der Waals surface area (Å²) in [6.45, 7) is 13.6. The quantitative estimate of drug-likeness (QED) is 0.339. The fourth-order valence-corrected chi connectivity index (χ4v) is 6.71. The first kappa shape index (κ1) is 16.2. The third-order valence-corrected chi connectivity index (χ3v) is 6.92. The highest BCUT2D eigenvalue weighted by atomic mass is 28.3. The lowest BCUT2D eigenvalue weighted by Crippen LogP contribution is -2.59. The molecule has 0 aromatic heterocycles. The van der Waals surface area contributed by atoms with E-state index in [4.69, 9.17) is 0 Å². The SMILES string of the molecule is CCCCCC[N+](C)(C)C(CC)[Si](C)(C)C. The number of unbranched alkanes of at least 4 members (excludes halogenated alkanes) is 3. The number of hydrogen-bond donors (Lipinski definition) is 0. The van der Waals surface area contributed by atoms with Crippen molar-refractivity contribution >= 4 is 8.07 Å². The summed E-state index contributed by atoms with van der Waals surface area (Å²) in [5, 5.41) is 0. The normalized spacial score (nSPS) is 15.2. The highest BCUT2D eigenvalue weighted by molar-refractivity contribution is 6.77. The first-order chi connectivity index (χ1) is 7.25. The van der Waals surface area contributed by atoms with Crippen LogP contribution in [-0.4, -0.2) is 38.9 Å². The molecule has 0 aliphatic carbocycles. The molecule has 0 spiro atoms. The van der Waals surface area contributed by atoms with Crippen molar-refractivity contribution in [3.63, 3.8) is 0 Å². The molecule has 2 heteroatoms. The minimum Gasteiger partial charge on any atom is -0.330 e. The summed E-state index contributed by atoms with van der Waals surface area (Å²) in [5.74, 6) is 0. The number of quaternary nitrogens is 1.